The Labute approximate surface area is 110 Å². The summed E-state index contributed by atoms with van der Waals surface area (Å²) in [5.41, 5.74) is 2.28. The van der Waals surface area contributed by atoms with E-state index in [-0.39, 0.29) is 0 Å². The van der Waals surface area contributed by atoms with E-state index in [1.165, 1.54) is 6.08 Å². The van der Waals surface area contributed by atoms with Crippen LogP contribution in [0, 0.1) is 0 Å². The Balaban J connectivity index is 2.54. The van der Waals surface area contributed by atoms with Crippen molar-refractivity contribution in [1.29, 1.82) is 0 Å². The molecule has 0 spiro atoms. The fraction of sp³-hybridized carbons (Fsp3) is 0. The summed E-state index contributed by atoms with van der Waals surface area (Å²) in [4.78, 5) is 10.9. The lowest BCUT2D eigenvalue weighted by Gasteiger charge is -2.07. The van der Waals surface area contributed by atoms with Gasteiger partial charge in [-0.15, -0.1) is 0 Å². The number of hydrogen-bond acceptors (Lipinski definition) is 1. The Morgan fingerprint density at radius 2 is 1.67 bits per heavy atom. The quantitative estimate of drug-likeness (QED) is 0.849. The van der Waals surface area contributed by atoms with Crippen LogP contribution < -0.4 is 0 Å². The maximum Gasteiger partial charge on any atom is 0.328 e. The zero-order chi connectivity index (χ0) is 13.0. The van der Waals surface area contributed by atoms with Crippen molar-refractivity contribution >= 4 is 23.1 Å². The van der Waals surface area contributed by atoms with Gasteiger partial charge in [-0.05, 0) is 28.8 Å². The maximum absolute atomic E-state index is 10.9. The van der Waals surface area contributed by atoms with Crippen molar-refractivity contribution < 1.29 is 9.90 Å². The summed E-state index contributed by atoms with van der Waals surface area (Å²) in [5, 5.41) is 9.55. The highest BCUT2D eigenvalue weighted by Crippen LogP contribution is 2.25. The fourth-order valence-corrected chi connectivity index (χ4v) is 1.92. The van der Waals surface area contributed by atoms with Crippen LogP contribution >= 0.6 is 11.6 Å². The SMILES string of the molecule is O=C(O)/C=C(/c1ccccc1)c1cccc(Cl)c1. The van der Waals surface area contributed by atoms with Gasteiger partial charge in [-0.2, -0.15) is 0 Å². The number of carboxylic acid groups (broad SMARTS) is 1. The van der Waals surface area contributed by atoms with E-state index in [9.17, 15) is 4.79 Å². The number of aliphatic carboxylic acids is 1. The van der Waals surface area contributed by atoms with E-state index >= 15 is 0 Å². The van der Waals surface area contributed by atoms with Gasteiger partial charge in [-0.3, -0.25) is 0 Å². The van der Waals surface area contributed by atoms with Crippen LogP contribution in [-0.2, 0) is 4.79 Å². The van der Waals surface area contributed by atoms with E-state index in [0.717, 1.165) is 11.1 Å². The van der Waals surface area contributed by atoms with E-state index in [0.29, 0.717) is 10.6 Å². The van der Waals surface area contributed by atoms with Crippen LogP contribution in [-0.4, -0.2) is 11.1 Å². The fourth-order valence-electron chi connectivity index (χ4n) is 1.73. The van der Waals surface area contributed by atoms with Gasteiger partial charge >= 0.3 is 5.97 Å². The Hall–Kier alpha value is -2.06. The molecule has 0 saturated carbocycles. The summed E-state index contributed by atoms with van der Waals surface area (Å²) in [6.07, 6.45) is 1.20. The predicted molar refractivity (Wildman–Crippen MR) is 72.6 cm³/mol. The summed E-state index contributed by atoms with van der Waals surface area (Å²) >= 11 is 5.94. The van der Waals surface area contributed by atoms with Crippen molar-refractivity contribution in [3.05, 3.63) is 76.8 Å². The minimum Gasteiger partial charge on any atom is -0.478 e. The molecule has 0 radical (unpaired) electrons. The third-order valence-corrected chi connectivity index (χ3v) is 2.72. The average Bonchev–Trinajstić information content (AvgIpc) is 2.37. The van der Waals surface area contributed by atoms with Crippen molar-refractivity contribution in [3.63, 3.8) is 0 Å². The maximum atomic E-state index is 10.9. The second-order valence-electron chi connectivity index (χ2n) is 3.77. The molecular formula is C15H11ClO2. The molecule has 0 unspecified atom stereocenters. The van der Waals surface area contributed by atoms with E-state index < -0.39 is 5.97 Å². The van der Waals surface area contributed by atoms with Gasteiger partial charge in [0, 0.05) is 11.1 Å². The molecule has 0 aliphatic carbocycles. The molecule has 90 valence electrons. The molecule has 0 aromatic heterocycles. The normalized spacial score (nSPS) is 11.3. The zero-order valence-electron chi connectivity index (χ0n) is 9.51. The zero-order valence-corrected chi connectivity index (χ0v) is 10.3. The van der Waals surface area contributed by atoms with E-state index in [4.69, 9.17) is 16.7 Å². The smallest absolute Gasteiger partial charge is 0.328 e. The topological polar surface area (TPSA) is 37.3 Å². The third-order valence-electron chi connectivity index (χ3n) is 2.49. The summed E-state index contributed by atoms with van der Waals surface area (Å²) in [5.74, 6) is -0.978. The van der Waals surface area contributed by atoms with Crippen molar-refractivity contribution in [2.75, 3.05) is 0 Å². The molecule has 18 heavy (non-hydrogen) atoms. The van der Waals surface area contributed by atoms with Gasteiger partial charge in [0.1, 0.15) is 0 Å². The molecule has 0 bridgehead atoms. The van der Waals surface area contributed by atoms with Crippen LogP contribution in [0.1, 0.15) is 11.1 Å². The number of carboxylic acids is 1. The largest absolute Gasteiger partial charge is 0.478 e. The molecule has 2 aromatic carbocycles. The third kappa shape index (κ3) is 2.99. The van der Waals surface area contributed by atoms with Crippen molar-refractivity contribution in [2.24, 2.45) is 0 Å². The minimum atomic E-state index is -0.978. The van der Waals surface area contributed by atoms with Gasteiger partial charge in [0.05, 0.1) is 0 Å². The first-order chi connectivity index (χ1) is 8.66. The predicted octanol–water partition coefficient (Wildman–Crippen LogP) is 3.86. The lowest BCUT2D eigenvalue weighted by Crippen LogP contribution is -1.94. The van der Waals surface area contributed by atoms with Gasteiger partial charge in [0.15, 0.2) is 0 Å². The number of carbonyl (C=O) groups is 1. The second kappa shape index (κ2) is 5.52. The van der Waals surface area contributed by atoms with Gasteiger partial charge in [0.25, 0.3) is 0 Å². The standard InChI is InChI=1S/C15H11ClO2/c16-13-8-4-7-12(9-13)14(10-15(17)18)11-5-2-1-3-6-11/h1-10H,(H,17,18)/b14-10-. The highest BCUT2D eigenvalue weighted by atomic mass is 35.5. The molecule has 2 rings (SSSR count). The summed E-state index contributed by atoms with van der Waals surface area (Å²) in [6.45, 7) is 0. The van der Waals surface area contributed by atoms with Crippen molar-refractivity contribution in [2.45, 2.75) is 0 Å². The van der Waals surface area contributed by atoms with Crippen LogP contribution in [0.15, 0.2) is 60.7 Å². The monoisotopic (exact) mass is 258 g/mol. The van der Waals surface area contributed by atoms with Gasteiger partial charge < -0.3 is 5.11 Å². The highest BCUT2D eigenvalue weighted by Gasteiger charge is 2.07. The van der Waals surface area contributed by atoms with Crippen LogP contribution in [0.4, 0.5) is 0 Å². The van der Waals surface area contributed by atoms with Crippen LogP contribution in [0.25, 0.3) is 5.57 Å². The van der Waals surface area contributed by atoms with Gasteiger partial charge in [0.2, 0.25) is 0 Å². The van der Waals surface area contributed by atoms with E-state index in [1.807, 2.05) is 36.4 Å². The Morgan fingerprint density at radius 3 is 2.28 bits per heavy atom. The van der Waals surface area contributed by atoms with Crippen LogP contribution in [0.2, 0.25) is 5.02 Å². The number of rotatable bonds is 3. The molecule has 0 aliphatic rings. The molecule has 1 N–H and O–H groups in total. The van der Waals surface area contributed by atoms with Crippen molar-refractivity contribution in [1.82, 2.24) is 0 Å². The minimum absolute atomic E-state index is 0.583. The van der Waals surface area contributed by atoms with E-state index in [1.54, 1.807) is 18.2 Å². The second-order valence-corrected chi connectivity index (χ2v) is 4.21. The Bertz CT molecular complexity index is 588. The Morgan fingerprint density at radius 1 is 1.00 bits per heavy atom. The van der Waals surface area contributed by atoms with Crippen LogP contribution in [0.5, 0.6) is 0 Å². The molecular weight excluding hydrogens is 248 g/mol. The summed E-state index contributed by atoms with van der Waals surface area (Å²) < 4.78 is 0. The summed E-state index contributed by atoms with van der Waals surface area (Å²) in [6, 6.07) is 16.5. The molecule has 0 saturated heterocycles. The molecule has 0 amide bonds. The van der Waals surface area contributed by atoms with Crippen molar-refractivity contribution in [3.8, 4) is 0 Å². The number of benzene rings is 2. The van der Waals surface area contributed by atoms with Crippen LogP contribution in [0.3, 0.4) is 0 Å². The van der Waals surface area contributed by atoms with Gasteiger partial charge in [-0.25, -0.2) is 4.79 Å². The molecule has 0 aliphatic heterocycles. The number of halogens is 1. The first-order valence-corrected chi connectivity index (χ1v) is 5.80. The van der Waals surface area contributed by atoms with E-state index in [2.05, 4.69) is 0 Å². The highest BCUT2D eigenvalue weighted by molar-refractivity contribution is 6.30. The summed E-state index contributed by atoms with van der Waals surface area (Å²) in [7, 11) is 0. The lowest BCUT2D eigenvalue weighted by atomic mass is 9.98. The molecule has 0 atom stereocenters. The number of hydrogen-bond donors (Lipinski definition) is 1. The molecule has 2 aromatic rings. The molecule has 0 heterocycles. The molecule has 0 fully saturated rings. The average molecular weight is 259 g/mol. The first kappa shape index (κ1) is 12.4. The molecule has 3 heteroatoms. The lowest BCUT2D eigenvalue weighted by molar-refractivity contribution is -0.131. The molecule has 2 nitrogen and oxygen atoms in total. The first-order valence-electron chi connectivity index (χ1n) is 5.43. The Kier molecular flexibility index (Phi) is 3.80. The van der Waals surface area contributed by atoms with Gasteiger partial charge in [-0.1, -0.05) is 54.1 Å².